The second-order valence-electron chi connectivity index (χ2n) is 4.43. The molecule has 0 saturated heterocycles. The van der Waals surface area contributed by atoms with Crippen molar-refractivity contribution in [2.75, 3.05) is 5.32 Å². The maximum atomic E-state index is 14.0. The standard InChI is InChI=1S/C16H14ClFN4O/c1-3-13(18)12(8-10(2)17)15-20-9-14(23)16(22-15)21-11-4-6-19-7-5-11/h3-9,23H,2H2,1H3,(H,19,20,21,22)/b12-8+,13-3+. The van der Waals surface area contributed by atoms with Crippen molar-refractivity contribution in [1.82, 2.24) is 15.0 Å². The van der Waals surface area contributed by atoms with E-state index >= 15 is 0 Å². The van der Waals surface area contributed by atoms with Crippen LogP contribution in [-0.4, -0.2) is 20.1 Å². The van der Waals surface area contributed by atoms with Crippen LogP contribution in [0, 0.1) is 0 Å². The fraction of sp³-hybridized carbons (Fsp3) is 0.0625. The average Bonchev–Trinajstić information content (AvgIpc) is 2.55. The molecule has 0 aliphatic carbocycles. The van der Waals surface area contributed by atoms with Gasteiger partial charge in [0.1, 0.15) is 5.83 Å². The number of halogens is 2. The van der Waals surface area contributed by atoms with Gasteiger partial charge in [0, 0.05) is 23.1 Å². The highest BCUT2D eigenvalue weighted by Gasteiger charge is 2.14. The lowest BCUT2D eigenvalue weighted by Crippen LogP contribution is -2.01. The zero-order valence-electron chi connectivity index (χ0n) is 12.3. The maximum absolute atomic E-state index is 14.0. The minimum Gasteiger partial charge on any atom is -0.503 e. The van der Waals surface area contributed by atoms with Crippen LogP contribution in [-0.2, 0) is 0 Å². The van der Waals surface area contributed by atoms with Crippen molar-refractivity contribution in [1.29, 1.82) is 0 Å². The highest BCUT2D eigenvalue weighted by molar-refractivity contribution is 6.31. The smallest absolute Gasteiger partial charge is 0.177 e. The summed E-state index contributed by atoms with van der Waals surface area (Å²) in [5, 5.41) is 12.9. The van der Waals surface area contributed by atoms with E-state index in [0.717, 1.165) is 0 Å². The number of hydrogen-bond donors (Lipinski definition) is 2. The second-order valence-corrected chi connectivity index (χ2v) is 4.92. The van der Waals surface area contributed by atoms with Crippen molar-refractivity contribution >= 4 is 28.7 Å². The van der Waals surface area contributed by atoms with Crippen LogP contribution in [0.2, 0.25) is 0 Å². The molecule has 0 aliphatic rings. The lowest BCUT2D eigenvalue weighted by atomic mass is 10.2. The molecular weight excluding hydrogens is 319 g/mol. The van der Waals surface area contributed by atoms with Crippen LogP contribution in [0.5, 0.6) is 5.75 Å². The van der Waals surface area contributed by atoms with E-state index in [2.05, 4.69) is 26.8 Å². The molecule has 0 bridgehead atoms. The summed E-state index contributed by atoms with van der Waals surface area (Å²) < 4.78 is 14.0. The molecule has 2 aromatic heterocycles. The van der Waals surface area contributed by atoms with Gasteiger partial charge in [0.2, 0.25) is 0 Å². The van der Waals surface area contributed by atoms with Gasteiger partial charge in [-0.15, -0.1) is 0 Å². The van der Waals surface area contributed by atoms with Gasteiger partial charge >= 0.3 is 0 Å². The Morgan fingerprint density at radius 1 is 1.39 bits per heavy atom. The second kappa shape index (κ2) is 7.51. The van der Waals surface area contributed by atoms with Crippen LogP contribution in [0.3, 0.4) is 0 Å². The van der Waals surface area contributed by atoms with Crippen molar-refractivity contribution in [3.63, 3.8) is 0 Å². The molecule has 2 rings (SSSR count). The number of hydrogen-bond acceptors (Lipinski definition) is 5. The van der Waals surface area contributed by atoms with E-state index in [1.54, 1.807) is 24.5 Å². The van der Waals surface area contributed by atoms with Gasteiger partial charge in [0.15, 0.2) is 17.4 Å². The first-order chi connectivity index (χ1) is 11.0. The predicted molar refractivity (Wildman–Crippen MR) is 89.1 cm³/mol. The number of nitrogens with zero attached hydrogens (tertiary/aromatic N) is 3. The molecule has 5 nitrogen and oxygen atoms in total. The summed E-state index contributed by atoms with van der Waals surface area (Å²) in [6.45, 7) is 5.05. The predicted octanol–water partition coefficient (Wildman–Crippen LogP) is 4.33. The van der Waals surface area contributed by atoms with Gasteiger partial charge in [-0.25, -0.2) is 14.4 Å². The van der Waals surface area contributed by atoms with Crippen LogP contribution >= 0.6 is 11.6 Å². The molecule has 0 aliphatic heterocycles. The lowest BCUT2D eigenvalue weighted by Gasteiger charge is -2.10. The third-order valence-electron chi connectivity index (χ3n) is 2.77. The number of aromatic hydroxyl groups is 1. The van der Waals surface area contributed by atoms with Crippen LogP contribution in [0.15, 0.2) is 60.3 Å². The molecule has 0 spiro atoms. The van der Waals surface area contributed by atoms with E-state index in [1.165, 1.54) is 25.3 Å². The SMILES string of the molecule is C=C(Cl)/C=C(\C(F)=C/C)c1ncc(O)c(Nc2ccncc2)n1. The largest absolute Gasteiger partial charge is 0.503 e. The zero-order valence-corrected chi connectivity index (χ0v) is 13.0. The summed E-state index contributed by atoms with van der Waals surface area (Å²) in [6, 6.07) is 3.40. The Morgan fingerprint density at radius 2 is 2.09 bits per heavy atom. The van der Waals surface area contributed by atoms with Crippen molar-refractivity contribution < 1.29 is 9.50 Å². The first kappa shape index (κ1) is 16.6. The molecule has 0 fully saturated rings. The number of allylic oxidation sites excluding steroid dienone is 5. The summed E-state index contributed by atoms with van der Waals surface area (Å²) in [4.78, 5) is 12.0. The van der Waals surface area contributed by atoms with Gasteiger partial charge in [-0.05, 0) is 25.1 Å². The van der Waals surface area contributed by atoms with E-state index in [4.69, 9.17) is 11.6 Å². The Kier molecular flexibility index (Phi) is 5.43. The maximum Gasteiger partial charge on any atom is 0.177 e. The van der Waals surface area contributed by atoms with Crippen LogP contribution in [0.1, 0.15) is 12.7 Å². The Hall–Kier alpha value is -2.73. The molecule has 7 heteroatoms. The molecule has 2 heterocycles. The van der Waals surface area contributed by atoms with Crippen molar-refractivity contribution in [2.45, 2.75) is 6.92 Å². The molecular formula is C16H14ClFN4O. The van der Waals surface area contributed by atoms with Crippen molar-refractivity contribution in [3.8, 4) is 5.75 Å². The number of anilines is 2. The topological polar surface area (TPSA) is 70.9 Å². The molecule has 0 radical (unpaired) electrons. The van der Waals surface area contributed by atoms with Crippen LogP contribution in [0.25, 0.3) is 5.57 Å². The Balaban J connectivity index is 2.44. The van der Waals surface area contributed by atoms with Gasteiger partial charge in [0.05, 0.1) is 11.8 Å². The molecule has 0 unspecified atom stereocenters. The van der Waals surface area contributed by atoms with Gasteiger partial charge < -0.3 is 10.4 Å². The minimum absolute atomic E-state index is 0.0664. The normalized spacial score (nSPS) is 12.1. The van der Waals surface area contributed by atoms with E-state index in [9.17, 15) is 9.50 Å². The molecule has 2 aromatic rings. The first-order valence-electron chi connectivity index (χ1n) is 6.63. The summed E-state index contributed by atoms with van der Waals surface area (Å²) >= 11 is 5.73. The van der Waals surface area contributed by atoms with E-state index in [0.29, 0.717) is 5.69 Å². The average molecular weight is 333 g/mol. The monoisotopic (exact) mass is 332 g/mol. The Labute approximate surface area is 137 Å². The molecule has 0 amide bonds. The minimum atomic E-state index is -0.549. The summed E-state index contributed by atoms with van der Waals surface area (Å²) in [5.41, 5.74) is 0.740. The first-order valence-corrected chi connectivity index (χ1v) is 7.00. The number of nitrogens with one attached hydrogen (secondary N) is 1. The fourth-order valence-electron chi connectivity index (χ4n) is 1.72. The molecule has 118 valence electrons. The number of pyridine rings is 1. The number of rotatable bonds is 5. The van der Waals surface area contributed by atoms with Crippen molar-refractivity contribution in [2.24, 2.45) is 0 Å². The summed E-state index contributed by atoms with van der Waals surface area (Å²) in [6.07, 6.45) is 6.94. The van der Waals surface area contributed by atoms with Gasteiger partial charge in [-0.2, -0.15) is 0 Å². The Morgan fingerprint density at radius 3 is 2.70 bits per heavy atom. The van der Waals surface area contributed by atoms with E-state index in [-0.39, 0.29) is 28.0 Å². The third kappa shape index (κ3) is 4.37. The fourth-order valence-corrected chi connectivity index (χ4v) is 1.83. The van der Waals surface area contributed by atoms with E-state index < -0.39 is 5.83 Å². The van der Waals surface area contributed by atoms with Gasteiger partial charge in [-0.1, -0.05) is 24.3 Å². The Bertz CT molecular complexity index is 775. The van der Waals surface area contributed by atoms with Crippen LogP contribution in [0.4, 0.5) is 15.9 Å². The quantitative estimate of drug-likeness (QED) is 0.797. The molecule has 0 saturated carbocycles. The molecule has 2 N–H and O–H groups in total. The zero-order chi connectivity index (χ0) is 16.8. The number of aromatic nitrogens is 3. The highest BCUT2D eigenvalue weighted by Crippen LogP contribution is 2.29. The van der Waals surface area contributed by atoms with E-state index in [1.807, 2.05) is 0 Å². The van der Waals surface area contributed by atoms with Crippen LogP contribution < -0.4 is 5.32 Å². The summed E-state index contributed by atoms with van der Waals surface area (Å²) in [5.74, 6) is -0.518. The molecule has 23 heavy (non-hydrogen) atoms. The van der Waals surface area contributed by atoms with Crippen molar-refractivity contribution in [3.05, 3.63) is 66.1 Å². The van der Waals surface area contributed by atoms with Gasteiger partial charge in [0.25, 0.3) is 0 Å². The third-order valence-corrected chi connectivity index (χ3v) is 2.87. The highest BCUT2D eigenvalue weighted by atomic mass is 35.5. The molecule has 0 aromatic carbocycles. The lowest BCUT2D eigenvalue weighted by molar-refractivity contribution is 0.472. The van der Waals surface area contributed by atoms with Gasteiger partial charge in [-0.3, -0.25) is 4.98 Å². The molecule has 0 atom stereocenters. The summed E-state index contributed by atoms with van der Waals surface area (Å²) in [7, 11) is 0.